The lowest BCUT2D eigenvalue weighted by atomic mass is 10.2. The molecule has 3 unspecified atom stereocenters. The van der Waals surface area contributed by atoms with E-state index in [9.17, 15) is 13.2 Å². The molecule has 1 saturated heterocycles. The highest BCUT2D eigenvalue weighted by atomic mass is 19.4. The fraction of sp³-hybridized carbons (Fsp3) is 1.00. The van der Waals surface area contributed by atoms with Gasteiger partial charge in [0.2, 0.25) is 0 Å². The van der Waals surface area contributed by atoms with E-state index >= 15 is 0 Å². The van der Waals surface area contributed by atoms with Gasteiger partial charge in [-0.05, 0) is 6.92 Å². The monoisotopic (exact) mass is 156 g/mol. The molecule has 3 atom stereocenters. The van der Waals surface area contributed by atoms with Gasteiger partial charge in [-0.3, -0.25) is 0 Å². The number of hydrogen-bond donors (Lipinski definition) is 1. The van der Waals surface area contributed by atoms with E-state index in [2.05, 4.69) is 4.74 Å². The zero-order valence-electron chi connectivity index (χ0n) is 5.22. The summed E-state index contributed by atoms with van der Waals surface area (Å²) in [6, 6.07) is 0. The van der Waals surface area contributed by atoms with Crippen LogP contribution in [0.3, 0.4) is 0 Å². The molecule has 5 heteroatoms. The molecule has 1 aliphatic rings. The first kappa shape index (κ1) is 7.81. The molecular formula is C5H7F3O2. The van der Waals surface area contributed by atoms with Crippen molar-refractivity contribution in [3.05, 3.63) is 0 Å². The van der Waals surface area contributed by atoms with Crippen molar-refractivity contribution >= 4 is 0 Å². The summed E-state index contributed by atoms with van der Waals surface area (Å²) in [4.78, 5) is 0. The summed E-state index contributed by atoms with van der Waals surface area (Å²) >= 11 is 0. The molecule has 0 aromatic rings. The van der Waals surface area contributed by atoms with Gasteiger partial charge >= 0.3 is 6.18 Å². The normalized spacial score (nSPS) is 35.7. The molecular weight excluding hydrogens is 149 g/mol. The van der Waals surface area contributed by atoms with E-state index in [1.165, 1.54) is 6.92 Å². The Labute approximate surface area is 55.6 Å². The SMILES string of the molecule is CC1OC1C(O)C(F)(F)F. The van der Waals surface area contributed by atoms with Gasteiger partial charge in [-0.2, -0.15) is 13.2 Å². The lowest BCUT2D eigenvalue weighted by molar-refractivity contribution is -0.208. The van der Waals surface area contributed by atoms with Gasteiger partial charge in [-0.15, -0.1) is 0 Å². The first-order valence-corrected chi connectivity index (χ1v) is 2.83. The number of epoxide rings is 1. The molecule has 1 fully saturated rings. The van der Waals surface area contributed by atoms with Gasteiger partial charge in [-0.1, -0.05) is 0 Å². The van der Waals surface area contributed by atoms with E-state index in [-0.39, 0.29) is 0 Å². The molecule has 0 radical (unpaired) electrons. The molecule has 1 aliphatic heterocycles. The Bertz CT molecular complexity index is 133. The minimum Gasteiger partial charge on any atom is -0.381 e. The summed E-state index contributed by atoms with van der Waals surface area (Å²) < 4.78 is 39.2. The van der Waals surface area contributed by atoms with E-state index < -0.39 is 24.5 Å². The van der Waals surface area contributed by atoms with Gasteiger partial charge < -0.3 is 9.84 Å². The van der Waals surface area contributed by atoms with Crippen LogP contribution in [0.15, 0.2) is 0 Å². The molecule has 0 saturated carbocycles. The van der Waals surface area contributed by atoms with Crippen LogP contribution >= 0.6 is 0 Å². The first-order chi connectivity index (χ1) is 4.43. The molecule has 60 valence electrons. The predicted octanol–water partition coefficient (Wildman–Crippen LogP) is 0.697. The average Bonchev–Trinajstić information content (AvgIpc) is 2.42. The number of alkyl halides is 3. The fourth-order valence-corrected chi connectivity index (χ4v) is 0.720. The third-order valence-electron chi connectivity index (χ3n) is 1.40. The van der Waals surface area contributed by atoms with Gasteiger partial charge in [0.25, 0.3) is 0 Å². The number of halogens is 3. The van der Waals surface area contributed by atoms with Crippen molar-refractivity contribution in [3.63, 3.8) is 0 Å². The van der Waals surface area contributed by atoms with Crippen LogP contribution in [0.5, 0.6) is 0 Å². The van der Waals surface area contributed by atoms with Crippen LogP contribution < -0.4 is 0 Å². The van der Waals surface area contributed by atoms with Crippen LogP contribution in [0.25, 0.3) is 0 Å². The molecule has 1 rings (SSSR count). The number of aliphatic hydroxyl groups excluding tert-OH is 1. The topological polar surface area (TPSA) is 32.8 Å². The minimum absolute atomic E-state index is 0.461. The highest BCUT2D eigenvalue weighted by molar-refractivity contribution is 4.90. The highest BCUT2D eigenvalue weighted by Gasteiger charge is 2.53. The standard InChI is InChI=1S/C5H7F3O2/c1-2-3(10-2)4(9)5(6,7)8/h2-4,9H,1H3. The summed E-state index contributed by atoms with van der Waals surface area (Å²) in [5.41, 5.74) is 0. The Morgan fingerprint density at radius 3 is 2.00 bits per heavy atom. The number of hydrogen-bond acceptors (Lipinski definition) is 2. The second-order valence-corrected chi connectivity index (χ2v) is 2.29. The molecule has 0 aromatic carbocycles. The average molecular weight is 156 g/mol. The molecule has 10 heavy (non-hydrogen) atoms. The summed E-state index contributed by atoms with van der Waals surface area (Å²) in [5, 5.41) is 8.45. The third-order valence-corrected chi connectivity index (χ3v) is 1.40. The quantitative estimate of drug-likeness (QED) is 0.567. The Hall–Kier alpha value is -0.290. The molecule has 1 heterocycles. The van der Waals surface area contributed by atoms with Gasteiger partial charge in [0, 0.05) is 0 Å². The Morgan fingerprint density at radius 1 is 1.50 bits per heavy atom. The number of rotatable bonds is 1. The Kier molecular flexibility index (Phi) is 1.64. The van der Waals surface area contributed by atoms with Crippen LogP contribution in [0.4, 0.5) is 13.2 Å². The van der Waals surface area contributed by atoms with Crippen LogP contribution in [0.2, 0.25) is 0 Å². The van der Waals surface area contributed by atoms with Crippen LogP contribution in [0, 0.1) is 0 Å². The fourth-order valence-electron chi connectivity index (χ4n) is 0.720. The van der Waals surface area contributed by atoms with Gasteiger partial charge in [0.05, 0.1) is 6.10 Å². The summed E-state index contributed by atoms with van der Waals surface area (Å²) in [5.74, 6) is 0. The first-order valence-electron chi connectivity index (χ1n) is 2.83. The number of ether oxygens (including phenoxy) is 1. The Morgan fingerprint density at radius 2 is 1.90 bits per heavy atom. The van der Waals surface area contributed by atoms with E-state index in [4.69, 9.17) is 5.11 Å². The Balaban J connectivity index is 2.42. The predicted molar refractivity (Wildman–Crippen MR) is 26.4 cm³/mol. The lowest BCUT2D eigenvalue weighted by Gasteiger charge is -2.10. The van der Waals surface area contributed by atoms with Crippen molar-refractivity contribution < 1.29 is 23.0 Å². The zero-order valence-corrected chi connectivity index (χ0v) is 5.22. The van der Waals surface area contributed by atoms with Crippen LogP contribution in [-0.4, -0.2) is 29.6 Å². The van der Waals surface area contributed by atoms with E-state index in [0.717, 1.165) is 0 Å². The van der Waals surface area contributed by atoms with Crippen LogP contribution in [-0.2, 0) is 4.74 Å². The van der Waals surface area contributed by atoms with Crippen molar-refractivity contribution in [2.24, 2.45) is 0 Å². The van der Waals surface area contributed by atoms with E-state index in [1.54, 1.807) is 0 Å². The molecule has 0 bridgehead atoms. The zero-order chi connectivity index (χ0) is 7.94. The van der Waals surface area contributed by atoms with Gasteiger partial charge in [-0.25, -0.2) is 0 Å². The summed E-state index contributed by atoms with van der Waals surface area (Å²) in [6.07, 6.45) is -8.37. The van der Waals surface area contributed by atoms with Crippen molar-refractivity contribution in [2.45, 2.75) is 31.4 Å². The summed E-state index contributed by atoms with van der Waals surface area (Å²) in [6.45, 7) is 1.49. The van der Waals surface area contributed by atoms with Crippen molar-refractivity contribution in [3.8, 4) is 0 Å². The smallest absolute Gasteiger partial charge is 0.381 e. The van der Waals surface area contributed by atoms with Crippen molar-refractivity contribution in [1.29, 1.82) is 0 Å². The molecule has 2 nitrogen and oxygen atoms in total. The second kappa shape index (κ2) is 2.10. The highest BCUT2D eigenvalue weighted by Crippen LogP contribution is 2.33. The van der Waals surface area contributed by atoms with Gasteiger partial charge in [0.15, 0.2) is 6.10 Å². The molecule has 0 spiro atoms. The second-order valence-electron chi connectivity index (χ2n) is 2.29. The van der Waals surface area contributed by atoms with Crippen molar-refractivity contribution in [1.82, 2.24) is 0 Å². The minimum atomic E-state index is -4.55. The number of aliphatic hydroxyl groups is 1. The molecule has 1 N–H and O–H groups in total. The van der Waals surface area contributed by atoms with Crippen molar-refractivity contribution in [2.75, 3.05) is 0 Å². The maximum absolute atomic E-state index is 11.6. The third kappa shape index (κ3) is 1.41. The summed E-state index contributed by atoms with van der Waals surface area (Å²) in [7, 11) is 0. The van der Waals surface area contributed by atoms with E-state index in [0.29, 0.717) is 0 Å². The van der Waals surface area contributed by atoms with Gasteiger partial charge in [0.1, 0.15) is 6.10 Å². The maximum Gasteiger partial charge on any atom is 0.417 e. The lowest BCUT2D eigenvalue weighted by Crippen LogP contribution is -2.34. The molecule has 0 aliphatic carbocycles. The molecule has 0 amide bonds. The van der Waals surface area contributed by atoms with Crippen LogP contribution in [0.1, 0.15) is 6.92 Å². The maximum atomic E-state index is 11.6. The molecule has 0 aromatic heterocycles. The van der Waals surface area contributed by atoms with E-state index in [1.807, 2.05) is 0 Å². The largest absolute Gasteiger partial charge is 0.417 e.